The van der Waals surface area contributed by atoms with Crippen LogP contribution in [0.3, 0.4) is 0 Å². The molecule has 0 radical (unpaired) electrons. The summed E-state index contributed by atoms with van der Waals surface area (Å²) < 4.78 is 1.79. The van der Waals surface area contributed by atoms with Crippen molar-refractivity contribution in [2.75, 3.05) is 12.4 Å². The number of hydrogen-bond acceptors (Lipinski definition) is 2. The maximum atomic E-state index is 5.79. The van der Waals surface area contributed by atoms with E-state index in [-0.39, 0.29) is 0 Å². The van der Waals surface area contributed by atoms with E-state index in [1.54, 1.807) is 10.9 Å². The van der Waals surface area contributed by atoms with Gasteiger partial charge in [0, 0.05) is 12.1 Å². The zero-order chi connectivity index (χ0) is 9.97. The van der Waals surface area contributed by atoms with E-state index in [1.165, 1.54) is 0 Å². The third-order valence-corrected chi connectivity index (χ3v) is 2.21. The molecule has 0 saturated heterocycles. The van der Waals surface area contributed by atoms with Crippen molar-refractivity contribution in [2.24, 2.45) is 0 Å². The van der Waals surface area contributed by atoms with Crippen molar-refractivity contribution in [3.05, 3.63) is 41.7 Å². The Hall–Kier alpha value is -1.48. The quantitative estimate of drug-likeness (QED) is 0.821. The summed E-state index contributed by atoms with van der Waals surface area (Å²) >= 11 is 5.79. The van der Waals surface area contributed by atoms with Crippen LogP contribution in [0.1, 0.15) is 0 Å². The molecule has 2 rings (SSSR count). The Kier molecular flexibility index (Phi) is 2.41. The van der Waals surface area contributed by atoms with E-state index in [2.05, 4.69) is 10.4 Å². The van der Waals surface area contributed by atoms with Gasteiger partial charge >= 0.3 is 0 Å². The third-order valence-electron chi connectivity index (χ3n) is 1.96. The van der Waals surface area contributed by atoms with Crippen molar-refractivity contribution in [3.63, 3.8) is 0 Å². The molecule has 0 aliphatic carbocycles. The minimum atomic E-state index is 0.731. The number of halogens is 1. The lowest BCUT2D eigenvalue weighted by Gasteiger charge is -1.99. The molecule has 14 heavy (non-hydrogen) atoms. The lowest BCUT2D eigenvalue weighted by atomic mass is 10.3. The Morgan fingerprint density at radius 2 is 2.00 bits per heavy atom. The van der Waals surface area contributed by atoms with Gasteiger partial charge in [-0.05, 0) is 24.3 Å². The van der Waals surface area contributed by atoms with Gasteiger partial charge in [0.15, 0.2) is 0 Å². The molecule has 3 nitrogen and oxygen atoms in total. The molecular weight excluding hydrogens is 198 g/mol. The van der Waals surface area contributed by atoms with E-state index in [0.29, 0.717) is 0 Å². The first kappa shape index (κ1) is 9.09. The molecule has 2 aromatic rings. The smallest absolute Gasteiger partial charge is 0.0728 e. The van der Waals surface area contributed by atoms with E-state index in [0.717, 1.165) is 16.4 Å². The highest BCUT2D eigenvalue weighted by molar-refractivity contribution is 6.30. The predicted molar refractivity (Wildman–Crippen MR) is 58.1 cm³/mol. The molecule has 1 aromatic carbocycles. The molecular formula is C10H10ClN3. The zero-order valence-electron chi connectivity index (χ0n) is 7.74. The lowest BCUT2D eigenvalue weighted by molar-refractivity contribution is 0.881. The number of nitrogens with zero attached hydrogens (tertiary/aromatic N) is 2. The van der Waals surface area contributed by atoms with Crippen molar-refractivity contribution in [2.45, 2.75) is 0 Å². The number of rotatable bonds is 2. The van der Waals surface area contributed by atoms with Gasteiger partial charge in [0.05, 0.1) is 23.8 Å². The Labute approximate surface area is 87.3 Å². The van der Waals surface area contributed by atoms with Gasteiger partial charge in [-0.2, -0.15) is 5.10 Å². The SMILES string of the molecule is CNc1cnn(-c2ccc(Cl)cc2)c1. The second-order valence-electron chi connectivity index (χ2n) is 2.90. The number of anilines is 1. The van der Waals surface area contributed by atoms with Gasteiger partial charge in [-0.3, -0.25) is 0 Å². The molecule has 0 aliphatic rings. The molecule has 0 spiro atoms. The molecule has 0 fully saturated rings. The summed E-state index contributed by atoms with van der Waals surface area (Å²) in [7, 11) is 1.86. The van der Waals surface area contributed by atoms with Crippen LogP contribution in [0.15, 0.2) is 36.7 Å². The molecule has 0 atom stereocenters. The van der Waals surface area contributed by atoms with Gasteiger partial charge in [-0.1, -0.05) is 11.6 Å². The molecule has 1 heterocycles. The first-order valence-electron chi connectivity index (χ1n) is 4.28. The van der Waals surface area contributed by atoms with Gasteiger partial charge in [0.25, 0.3) is 0 Å². The minimum absolute atomic E-state index is 0.731. The Bertz CT molecular complexity index is 419. The van der Waals surface area contributed by atoms with Gasteiger partial charge < -0.3 is 5.32 Å². The van der Waals surface area contributed by atoms with Crippen LogP contribution in [0.5, 0.6) is 0 Å². The molecule has 0 bridgehead atoms. The van der Waals surface area contributed by atoms with Crippen LogP contribution in [-0.4, -0.2) is 16.8 Å². The van der Waals surface area contributed by atoms with Crippen molar-refractivity contribution in [1.82, 2.24) is 9.78 Å². The van der Waals surface area contributed by atoms with Crippen molar-refractivity contribution >= 4 is 17.3 Å². The summed E-state index contributed by atoms with van der Waals surface area (Å²) in [6.07, 6.45) is 3.69. The van der Waals surface area contributed by atoms with Crippen molar-refractivity contribution in [3.8, 4) is 5.69 Å². The third kappa shape index (κ3) is 1.72. The average Bonchev–Trinajstić information content (AvgIpc) is 2.67. The van der Waals surface area contributed by atoms with Crippen LogP contribution in [-0.2, 0) is 0 Å². The fourth-order valence-corrected chi connectivity index (χ4v) is 1.31. The molecule has 0 amide bonds. The van der Waals surface area contributed by atoms with Crippen molar-refractivity contribution in [1.29, 1.82) is 0 Å². The van der Waals surface area contributed by atoms with E-state index < -0.39 is 0 Å². The fourth-order valence-electron chi connectivity index (χ4n) is 1.19. The molecule has 0 aliphatic heterocycles. The molecule has 72 valence electrons. The minimum Gasteiger partial charge on any atom is -0.386 e. The second-order valence-corrected chi connectivity index (χ2v) is 3.34. The Balaban J connectivity index is 2.34. The summed E-state index contributed by atoms with van der Waals surface area (Å²) in [5.74, 6) is 0. The molecule has 0 saturated carbocycles. The number of hydrogen-bond donors (Lipinski definition) is 1. The van der Waals surface area contributed by atoms with E-state index in [9.17, 15) is 0 Å². The maximum Gasteiger partial charge on any atom is 0.0728 e. The average molecular weight is 208 g/mol. The van der Waals surface area contributed by atoms with E-state index in [1.807, 2.05) is 37.5 Å². The Morgan fingerprint density at radius 3 is 2.57 bits per heavy atom. The van der Waals surface area contributed by atoms with Crippen LogP contribution in [0.4, 0.5) is 5.69 Å². The number of nitrogens with one attached hydrogen (secondary N) is 1. The molecule has 0 unspecified atom stereocenters. The van der Waals surface area contributed by atoms with Crippen LogP contribution in [0, 0.1) is 0 Å². The summed E-state index contributed by atoms with van der Waals surface area (Å²) in [6, 6.07) is 7.54. The normalized spacial score (nSPS) is 10.1. The maximum absolute atomic E-state index is 5.79. The van der Waals surface area contributed by atoms with E-state index >= 15 is 0 Å². The predicted octanol–water partition coefficient (Wildman–Crippen LogP) is 2.57. The van der Waals surface area contributed by atoms with Gasteiger partial charge in [-0.25, -0.2) is 4.68 Å². The Morgan fingerprint density at radius 1 is 1.29 bits per heavy atom. The first-order chi connectivity index (χ1) is 6.79. The molecule has 1 N–H and O–H groups in total. The summed E-state index contributed by atoms with van der Waals surface area (Å²) in [6.45, 7) is 0. The van der Waals surface area contributed by atoms with Gasteiger partial charge in [-0.15, -0.1) is 0 Å². The van der Waals surface area contributed by atoms with Crippen LogP contribution >= 0.6 is 11.6 Å². The number of aromatic nitrogens is 2. The number of benzene rings is 1. The molecule has 4 heteroatoms. The van der Waals surface area contributed by atoms with Crippen LogP contribution in [0.2, 0.25) is 5.02 Å². The van der Waals surface area contributed by atoms with Gasteiger partial charge in [0.2, 0.25) is 0 Å². The topological polar surface area (TPSA) is 29.9 Å². The van der Waals surface area contributed by atoms with Gasteiger partial charge in [0.1, 0.15) is 0 Å². The van der Waals surface area contributed by atoms with E-state index in [4.69, 9.17) is 11.6 Å². The van der Waals surface area contributed by atoms with Crippen LogP contribution in [0.25, 0.3) is 5.69 Å². The fraction of sp³-hybridized carbons (Fsp3) is 0.100. The highest BCUT2D eigenvalue weighted by Crippen LogP contribution is 2.14. The molecule has 1 aromatic heterocycles. The standard InChI is InChI=1S/C10H10ClN3/c1-12-9-6-13-14(7-9)10-4-2-8(11)3-5-10/h2-7,12H,1H3. The monoisotopic (exact) mass is 207 g/mol. The highest BCUT2D eigenvalue weighted by atomic mass is 35.5. The second kappa shape index (κ2) is 3.72. The highest BCUT2D eigenvalue weighted by Gasteiger charge is 1.98. The largest absolute Gasteiger partial charge is 0.386 e. The first-order valence-corrected chi connectivity index (χ1v) is 4.66. The summed E-state index contributed by atoms with van der Waals surface area (Å²) in [5.41, 5.74) is 1.98. The summed E-state index contributed by atoms with van der Waals surface area (Å²) in [5, 5.41) is 7.95. The zero-order valence-corrected chi connectivity index (χ0v) is 8.49. The van der Waals surface area contributed by atoms with Crippen LogP contribution < -0.4 is 5.32 Å². The lowest BCUT2D eigenvalue weighted by Crippen LogP contribution is -1.93. The van der Waals surface area contributed by atoms with Crippen molar-refractivity contribution < 1.29 is 0 Å². The summed E-state index contributed by atoms with van der Waals surface area (Å²) in [4.78, 5) is 0.